The Bertz CT molecular complexity index is 552. The number of para-hydroxylation sites is 1. The molecule has 2 aromatic carbocycles. The molecule has 20 heavy (non-hydrogen) atoms. The Morgan fingerprint density at radius 3 is 2.50 bits per heavy atom. The summed E-state index contributed by atoms with van der Waals surface area (Å²) in [4.78, 5) is 0. The topological polar surface area (TPSA) is 44.5 Å². The Hall–Kier alpha value is -2.42. The summed E-state index contributed by atoms with van der Waals surface area (Å²) in [6, 6.07) is 15.3. The van der Waals surface area contributed by atoms with Gasteiger partial charge >= 0.3 is 0 Å². The van der Waals surface area contributed by atoms with Gasteiger partial charge in [0.1, 0.15) is 24.7 Å². The highest BCUT2D eigenvalue weighted by atomic mass is 16.5. The lowest BCUT2D eigenvalue weighted by atomic mass is 10.1. The van der Waals surface area contributed by atoms with E-state index in [9.17, 15) is 0 Å². The van der Waals surface area contributed by atoms with E-state index in [1.54, 1.807) is 0 Å². The highest BCUT2D eigenvalue weighted by Crippen LogP contribution is 2.22. The van der Waals surface area contributed by atoms with Gasteiger partial charge in [0, 0.05) is 5.69 Å². The van der Waals surface area contributed by atoms with Gasteiger partial charge in [-0.05, 0) is 42.3 Å². The van der Waals surface area contributed by atoms with Gasteiger partial charge in [-0.2, -0.15) is 0 Å². The van der Waals surface area contributed by atoms with E-state index in [-0.39, 0.29) is 0 Å². The Kier molecular flexibility index (Phi) is 5.07. The lowest BCUT2D eigenvalue weighted by Gasteiger charge is -2.12. The van der Waals surface area contributed by atoms with Crippen LogP contribution in [-0.2, 0) is 6.42 Å². The number of nitrogen functional groups attached to an aromatic ring is 1. The number of ether oxygens (including phenoxy) is 2. The third kappa shape index (κ3) is 4.05. The van der Waals surface area contributed by atoms with E-state index in [0.29, 0.717) is 13.2 Å². The summed E-state index contributed by atoms with van der Waals surface area (Å²) in [5, 5.41) is 0. The second-order valence-corrected chi connectivity index (χ2v) is 4.37. The summed E-state index contributed by atoms with van der Waals surface area (Å²) < 4.78 is 11.3. The maximum absolute atomic E-state index is 5.77. The van der Waals surface area contributed by atoms with E-state index >= 15 is 0 Å². The fraction of sp³-hybridized carbons (Fsp3) is 0.176. The molecule has 0 atom stereocenters. The zero-order chi connectivity index (χ0) is 14.2. The maximum Gasteiger partial charge on any atom is 0.123 e. The zero-order valence-electron chi connectivity index (χ0n) is 11.4. The highest BCUT2D eigenvalue weighted by molar-refractivity contribution is 5.48. The van der Waals surface area contributed by atoms with Gasteiger partial charge in [-0.1, -0.05) is 24.3 Å². The molecule has 0 amide bonds. The van der Waals surface area contributed by atoms with Crippen molar-refractivity contribution in [1.82, 2.24) is 0 Å². The van der Waals surface area contributed by atoms with E-state index in [1.165, 1.54) is 0 Å². The molecular formula is C17H19NO2. The zero-order valence-corrected chi connectivity index (χ0v) is 11.4. The van der Waals surface area contributed by atoms with Crippen molar-refractivity contribution < 1.29 is 9.47 Å². The summed E-state index contributed by atoms with van der Waals surface area (Å²) in [6.07, 6.45) is 2.57. The molecule has 0 fully saturated rings. The molecule has 0 bridgehead atoms. The number of rotatable bonds is 7. The molecule has 0 saturated carbocycles. The summed E-state index contributed by atoms with van der Waals surface area (Å²) >= 11 is 0. The summed E-state index contributed by atoms with van der Waals surface area (Å²) in [6.45, 7) is 4.73. The molecule has 104 valence electrons. The lowest BCUT2D eigenvalue weighted by molar-refractivity contribution is 0.216. The second-order valence-electron chi connectivity index (χ2n) is 4.37. The normalized spacial score (nSPS) is 10.0. The van der Waals surface area contributed by atoms with Crippen molar-refractivity contribution in [2.45, 2.75) is 6.42 Å². The highest BCUT2D eigenvalue weighted by Gasteiger charge is 2.03. The van der Waals surface area contributed by atoms with E-state index in [4.69, 9.17) is 15.2 Å². The second kappa shape index (κ2) is 7.24. The molecule has 2 aromatic rings. The van der Waals surface area contributed by atoms with Crippen LogP contribution < -0.4 is 15.2 Å². The molecule has 3 nitrogen and oxygen atoms in total. The van der Waals surface area contributed by atoms with Crippen LogP contribution in [0.4, 0.5) is 5.69 Å². The van der Waals surface area contributed by atoms with Crippen molar-refractivity contribution in [3.05, 3.63) is 66.7 Å². The monoisotopic (exact) mass is 269 g/mol. The van der Waals surface area contributed by atoms with Crippen LogP contribution in [0.25, 0.3) is 0 Å². The third-order valence-electron chi connectivity index (χ3n) is 2.80. The van der Waals surface area contributed by atoms with Gasteiger partial charge in [0.2, 0.25) is 0 Å². The minimum atomic E-state index is 0.489. The average molecular weight is 269 g/mol. The van der Waals surface area contributed by atoms with Crippen LogP contribution in [0.1, 0.15) is 5.56 Å². The van der Waals surface area contributed by atoms with Crippen LogP contribution >= 0.6 is 0 Å². The summed E-state index contributed by atoms with van der Waals surface area (Å²) in [5.41, 5.74) is 7.55. The number of anilines is 1. The quantitative estimate of drug-likeness (QED) is 0.475. The molecule has 0 aliphatic heterocycles. The first kappa shape index (κ1) is 14.0. The Labute approximate surface area is 119 Å². The first-order valence-corrected chi connectivity index (χ1v) is 6.59. The number of allylic oxidation sites excluding steroid dienone is 1. The van der Waals surface area contributed by atoms with Gasteiger partial charge in [0.25, 0.3) is 0 Å². The van der Waals surface area contributed by atoms with Gasteiger partial charge < -0.3 is 15.2 Å². The Balaban J connectivity index is 1.86. The molecule has 0 unspecified atom stereocenters. The number of hydrogen-bond acceptors (Lipinski definition) is 3. The maximum atomic E-state index is 5.77. The minimum absolute atomic E-state index is 0.489. The van der Waals surface area contributed by atoms with Crippen LogP contribution in [0.2, 0.25) is 0 Å². The van der Waals surface area contributed by atoms with Crippen molar-refractivity contribution in [2.75, 3.05) is 18.9 Å². The van der Waals surface area contributed by atoms with Gasteiger partial charge in [-0.25, -0.2) is 0 Å². The summed E-state index contributed by atoms with van der Waals surface area (Å²) in [7, 11) is 0. The molecule has 2 rings (SSSR count). The van der Waals surface area contributed by atoms with Crippen LogP contribution in [0.5, 0.6) is 11.5 Å². The fourth-order valence-corrected chi connectivity index (χ4v) is 1.88. The molecule has 2 N–H and O–H groups in total. The standard InChI is InChI=1S/C17H19NO2/c1-2-6-14-13-15(18)9-10-17(14)20-12-11-19-16-7-4-3-5-8-16/h2-5,7-10,13H,1,6,11-12,18H2. The van der Waals surface area contributed by atoms with Gasteiger partial charge in [0.15, 0.2) is 0 Å². The summed E-state index contributed by atoms with van der Waals surface area (Å²) in [5.74, 6) is 1.68. The fourth-order valence-electron chi connectivity index (χ4n) is 1.88. The first-order valence-electron chi connectivity index (χ1n) is 6.59. The Morgan fingerprint density at radius 2 is 1.75 bits per heavy atom. The predicted octanol–water partition coefficient (Wildman–Crippen LogP) is 3.46. The molecule has 3 heteroatoms. The van der Waals surface area contributed by atoms with Crippen LogP contribution in [0.3, 0.4) is 0 Å². The number of nitrogens with two attached hydrogens (primary N) is 1. The first-order chi connectivity index (χ1) is 9.79. The lowest BCUT2D eigenvalue weighted by Crippen LogP contribution is -2.10. The van der Waals surface area contributed by atoms with Crippen LogP contribution in [0, 0.1) is 0 Å². The van der Waals surface area contributed by atoms with Gasteiger partial charge in [-0.3, -0.25) is 0 Å². The van der Waals surface area contributed by atoms with Crippen molar-refractivity contribution >= 4 is 5.69 Å². The predicted molar refractivity (Wildman–Crippen MR) is 82.2 cm³/mol. The Morgan fingerprint density at radius 1 is 1.00 bits per heavy atom. The van der Waals surface area contributed by atoms with Gasteiger partial charge in [0.05, 0.1) is 0 Å². The SMILES string of the molecule is C=CCc1cc(N)ccc1OCCOc1ccccc1. The van der Waals surface area contributed by atoms with E-state index < -0.39 is 0 Å². The molecule has 0 spiro atoms. The molecule has 0 saturated heterocycles. The average Bonchev–Trinajstić information content (AvgIpc) is 2.47. The van der Waals surface area contributed by atoms with Crippen molar-refractivity contribution in [3.8, 4) is 11.5 Å². The largest absolute Gasteiger partial charge is 0.490 e. The van der Waals surface area contributed by atoms with Gasteiger partial charge in [-0.15, -0.1) is 6.58 Å². The molecule has 0 aliphatic carbocycles. The number of benzene rings is 2. The molecule has 0 heterocycles. The molecule has 0 aromatic heterocycles. The molecule has 0 aliphatic rings. The van der Waals surface area contributed by atoms with Crippen LogP contribution in [0.15, 0.2) is 61.2 Å². The van der Waals surface area contributed by atoms with E-state index in [2.05, 4.69) is 6.58 Å². The number of hydrogen-bond donors (Lipinski definition) is 1. The van der Waals surface area contributed by atoms with Crippen molar-refractivity contribution in [2.24, 2.45) is 0 Å². The third-order valence-corrected chi connectivity index (χ3v) is 2.80. The van der Waals surface area contributed by atoms with Crippen molar-refractivity contribution in [3.63, 3.8) is 0 Å². The van der Waals surface area contributed by atoms with Crippen molar-refractivity contribution in [1.29, 1.82) is 0 Å². The van der Waals surface area contributed by atoms with E-state index in [0.717, 1.165) is 29.2 Å². The van der Waals surface area contributed by atoms with E-state index in [1.807, 2.05) is 54.6 Å². The van der Waals surface area contributed by atoms with Crippen LogP contribution in [-0.4, -0.2) is 13.2 Å². The molecule has 0 radical (unpaired) electrons. The smallest absolute Gasteiger partial charge is 0.123 e. The minimum Gasteiger partial charge on any atom is -0.490 e. The molecular weight excluding hydrogens is 250 g/mol.